The maximum absolute atomic E-state index is 9.58. The molecule has 0 heterocycles. The summed E-state index contributed by atoms with van der Waals surface area (Å²) in [4.78, 5) is 0. The van der Waals surface area contributed by atoms with Gasteiger partial charge < -0.3 is 9.84 Å². The Labute approximate surface area is 120 Å². The van der Waals surface area contributed by atoms with Gasteiger partial charge in [0.1, 0.15) is 0 Å². The van der Waals surface area contributed by atoms with Gasteiger partial charge in [0, 0.05) is 0 Å². The lowest BCUT2D eigenvalue weighted by Crippen LogP contribution is -2.38. The Hall–Kier alpha value is -0.0800. The van der Waals surface area contributed by atoms with Crippen LogP contribution in [-0.4, -0.2) is 23.9 Å². The molecule has 0 saturated carbocycles. The van der Waals surface area contributed by atoms with Crippen LogP contribution < -0.4 is 0 Å². The summed E-state index contributed by atoms with van der Waals surface area (Å²) in [5.41, 5.74) is 0.463. The van der Waals surface area contributed by atoms with Gasteiger partial charge in [0.2, 0.25) is 0 Å². The van der Waals surface area contributed by atoms with Gasteiger partial charge in [0.25, 0.3) is 0 Å². The smallest absolute Gasteiger partial charge is 0.0857 e. The summed E-state index contributed by atoms with van der Waals surface area (Å²) >= 11 is 0. The van der Waals surface area contributed by atoms with E-state index in [0.29, 0.717) is 0 Å². The molecule has 0 spiro atoms. The lowest BCUT2D eigenvalue weighted by Gasteiger charge is -2.37. The van der Waals surface area contributed by atoms with Crippen molar-refractivity contribution in [3.05, 3.63) is 0 Å². The fourth-order valence-electron chi connectivity index (χ4n) is 2.29. The molecule has 0 bridgehead atoms. The quantitative estimate of drug-likeness (QED) is 0.789. The van der Waals surface area contributed by atoms with Crippen molar-refractivity contribution in [2.24, 2.45) is 16.2 Å². The van der Waals surface area contributed by atoms with E-state index < -0.39 is 0 Å². The molecule has 0 aromatic carbocycles. The van der Waals surface area contributed by atoms with Gasteiger partial charge in [-0.15, -0.1) is 0 Å². The summed E-state index contributed by atoms with van der Waals surface area (Å²) in [6, 6.07) is 0. The Morgan fingerprint density at radius 3 is 1.37 bits per heavy atom. The normalized spacial score (nSPS) is 15.9. The summed E-state index contributed by atoms with van der Waals surface area (Å²) in [6.07, 6.45) is 2.16. The summed E-state index contributed by atoms with van der Waals surface area (Å²) in [7, 11) is 0. The Morgan fingerprint density at radius 2 is 1.16 bits per heavy atom. The molecule has 0 saturated heterocycles. The van der Waals surface area contributed by atoms with Crippen LogP contribution >= 0.6 is 0 Å². The highest BCUT2D eigenvalue weighted by atomic mass is 16.5. The summed E-state index contributed by atoms with van der Waals surface area (Å²) in [6.45, 7) is 19.9. The van der Waals surface area contributed by atoms with Crippen LogP contribution in [0.2, 0.25) is 0 Å². The van der Waals surface area contributed by atoms with E-state index in [1.807, 2.05) is 0 Å². The number of hydrogen-bond donors (Lipinski definition) is 1. The van der Waals surface area contributed by atoms with E-state index in [0.717, 1.165) is 12.8 Å². The lowest BCUT2D eigenvalue weighted by atomic mass is 9.81. The van der Waals surface area contributed by atoms with E-state index in [1.54, 1.807) is 0 Å². The third-order valence-corrected chi connectivity index (χ3v) is 3.17. The minimum atomic E-state index is -0.0952. The van der Waals surface area contributed by atoms with E-state index in [9.17, 15) is 5.11 Å². The minimum Gasteiger partial charge on any atom is -0.394 e. The highest BCUT2D eigenvalue weighted by Crippen LogP contribution is 2.33. The summed E-state index contributed by atoms with van der Waals surface area (Å²) < 4.78 is 6.27. The van der Waals surface area contributed by atoms with Gasteiger partial charge in [-0.25, -0.2) is 0 Å². The Morgan fingerprint density at radius 1 is 0.789 bits per heavy atom. The maximum atomic E-state index is 9.58. The molecule has 1 atom stereocenters. The van der Waals surface area contributed by atoms with E-state index in [1.165, 1.54) is 0 Å². The molecule has 0 rings (SSSR count). The third-order valence-electron chi connectivity index (χ3n) is 3.17. The molecule has 116 valence electrons. The average molecular weight is 272 g/mol. The van der Waals surface area contributed by atoms with Crippen LogP contribution in [-0.2, 0) is 4.74 Å². The zero-order valence-corrected chi connectivity index (χ0v) is 14.6. The van der Waals surface area contributed by atoms with Crippen LogP contribution in [0.25, 0.3) is 0 Å². The molecule has 0 unspecified atom stereocenters. The highest BCUT2D eigenvalue weighted by Gasteiger charge is 2.31. The number of aliphatic hydroxyl groups excluding tert-OH is 1. The molecule has 0 aliphatic heterocycles. The van der Waals surface area contributed by atoms with E-state index in [2.05, 4.69) is 62.3 Å². The molecule has 0 aliphatic carbocycles. The van der Waals surface area contributed by atoms with Gasteiger partial charge >= 0.3 is 0 Å². The Bertz CT molecular complexity index is 234. The minimum absolute atomic E-state index is 0.0250. The summed E-state index contributed by atoms with van der Waals surface area (Å²) in [5.74, 6) is 0. The standard InChI is InChI=1S/C17H36O2/c1-15(2,3)10-13(11-16(4,5)6)19-14(12-18)17(7,8)9/h13-14,18H,10-12H2,1-9H3/t14-/m1/s1. The predicted molar refractivity (Wildman–Crippen MR) is 83.3 cm³/mol. The first-order chi connectivity index (χ1) is 8.24. The van der Waals surface area contributed by atoms with Gasteiger partial charge in [-0.05, 0) is 29.1 Å². The van der Waals surface area contributed by atoms with Crippen molar-refractivity contribution in [3.63, 3.8) is 0 Å². The monoisotopic (exact) mass is 272 g/mol. The highest BCUT2D eigenvalue weighted by molar-refractivity contribution is 4.80. The van der Waals surface area contributed by atoms with Crippen LogP contribution in [0.4, 0.5) is 0 Å². The Balaban J connectivity index is 4.84. The zero-order valence-electron chi connectivity index (χ0n) is 14.6. The van der Waals surface area contributed by atoms with Gasteiger partial charge in [0.05, 0.1) is 18.8 Å². The first-order valence-electron chi connectivity index (χ1n) is 7.51. The van der Waals surface area contributed by atoms with Crippen molar-refractivity contribution < 1.29 is 9.84 Å². The van der Waals surface area contributed by atoms with Gasteiger partial charge in [-0.2, -0.15) is 0 Å². The lowest BCUT2D eigenvalue weighted by molar-refractivity contribution is -0.110. The maximum Gasteiger partial charge on any atom is 0.0857 e. The van der Waals surface area contributed by atoms with E-state index in [4.69, 9.17) is 4.74 Å². The van der Waals surface area contributed by atoms with Crippen molar-refractivity contribution in [3.8, 4) is 0 Å². The molecule has 0 aromatic rings. The van der Waals surface area contributed by atoms with Crippen molar-refractivity contribution in [2.75, 3.05) is 6.61 Å². The predicted octanol–water partition coefficient (Wildman–Crippen LogP) is 4.65. The van der Waals surface area contributed by atoms with Crippen molar-refractivity contribution >= 4 is 0 Å². The number of rotatable bonds is 5. The van der Waals surface area contributed by atoms with Crippen LogP contribution in [0.5, 0.6) is 0 Å². The van der Waals surface area contributed by atoms with E-state index in [-0.39, 0.29) is 35.1 Å². The molecule has 0 radical (unpaired) electrons. The second kappa shape index (κ2) is 6.58. The van der Waals surface area contributed by atoms with Crippen LogP contribution in [0.3, 0.4) is 0 Å². The molecule has 0 aliphatic rings. The molecule has 0 aromatic heterocycles. The number of ether oxygens (including phenoxy) is 1. The third kappa shape index (κ3) is 9.45. The van der Waals surface area contributed by atoms with E-state index >= 15 is 0 Å². The molecule has 0 fully saturated rings. The first-order valence-corrected chi connectivity index (χ1v) is 7.51. The molecule has 2 nitrogen and oxygen atoms in total. The van der Waals surface area contributed by atoms with Crippen LogP contribution in [0.15, 0.2) is 0 Å². The SMILES string of the molecule is CC(C)(C)CC(CC(C)(C)C)O[C@H](CO)C(C)(C)C. The number of aliphatic hydroxyl groups is 1. The van der Waals surface area contributed by atoms with Crippen LogP contribution in [0.1, 0.15) is 75.2 Å². The van der Waals surface area contributed by atoms with Gasteiger partial charge in [0.15, 0.2) is 0 Å². The largest absolute Gasteiger partial charge is 0.394 e. The summed E-state index contributed by atoms with van der Waals surface area (Å²) in [5, 5.41) is 9.58. The molecule has 2 heteroatoms. The average Bonchev–Trinajstić information content (AvgIpc) is 2.06. The fraction of sp³-hybridized carbons (Fsp3) is 1.00. The van der Waals surface area contributed by atoms with Gasteiger partial charge in [-0.3, -0.25) is 0 Å². The second-order valence-electron chi connectivity index (χ2n) is 9.32. The van der Waals surface area contributed by atoms with Crippen molar-refractivity contribution in [1.29, 1.82) is 0 Å². The molecule has 1 N–H and O–H groups in total. The van der Waals surface area contributed by atoms with Crippen molar-refractivity contribution in [2.45, 2.75) is 87.4 Å². The Kier molecular flexibility index (Phi) is 6.55. The van der Waals surface area contributed by atoms with Crippen LogP contribution in [0, 0.1) is 16.2 Å². The van der Waals surface area contributed by atoms with Gasteiger partial charge in [-0.1, -0.05) is 62.3 Å². The molecular formula is C17H36O2. The first kappa shape index (κ1) is 18.9. The number of hydrogen-bond acceptors (Lipinski definition) is 2. The topological polar surface area (TPSA) is 29.5 Å². The second-order valence-corrected chi connectivity index (χ2v) is 9.32. The fourth-order valence-corrected chi connectivity index (χ4v) is 2.29. The molecular weight excluding hydrogens is 236 g/mol. The molecule has 19 heavy (non-hydrogen) atoms. The van der Waals surface area contributed by atoms with Crippen molar-refractivity contribution in [1.82, 2.24) is 0 Å². The molecule has 0 amide bonds. The zero-order chi connectivity index (χ0) is 15.5.